The van der Waals surface area contributed by atoms with Crippen LogP contribution in [0.15, 0.2) is 0 Å². The Morgan fingerprint density at radius 3 is 2.31 bits per heavy atom. The molecule has 0 amide bonds. The van der Waals surface area contributed by atoms with Gasteiger partial charge in [-0.05, 0) is 24.2 Å². The van der Waals surface area contributed by atoms with Gasteiger partial charge in [0.15, 0.2) is 0 Å². The van der Waals surface area contributed by atoms with Gasteiger partial charge in [-0.1, -0.05) is 59.3 Å². The molecule has 1 aliphatic rings. The fraction of sp³-hybridized carbons (Fsp3) is 1.00. The third-order valence-electron chi connectivity index (χ3n) is 3.76. The summed E-state index contributed by atoms with van der Waals surface area (Å²) < 4.78 is 0. The third-order valence-corrected chi connectivity index (χ3v) is 3.76. The van der Waals surface area contributed by atoms with Crippen molar-refractivity contribution in [1.29, 1.82) is 0 Å². The Hall–Kier alpha value is 0. The molecule has 0 nitrogen and oxygen atoms in total. The van der Waals surface area contributed by atoms with E-state index in [0.717, 1.165) is 17.8 Å². The van der Waals surface area contributed by atoms with Crippen LogP contribution in [0.5, 0.6) is 0 Å². The highest BCUT2D eigenvalue weighted by molar-refractivity contribution is 4.67. The van der Waals surface area contributed by atoms with Gasteiger partial charge in [0, 0.05) is 0 Å². The third kappa shape index (κ3) is 4.15. The van der Waals surface area contributed by atoms with Crippen LogP contribution in [0, 0.1) is 17.8 Å². The minimum atomic E-state index is 0.974. The van der Waals surface area contributed by atoms with Crippen LogP contribution in [0.25, 0.3) is 0 Å². The zero-order valence-electron chi connectivity index (χ0n) is 9.68. The van der Waals surface area contributed by atoms with Crippen LogP contribution in [0.2, 0.25) is 0 Å². The van der Waals surface area contributed by atoms with Crippen molar-refractivity contribution in [2.24, 2.45) is 17.8 Å². The molecule has 0 spiro atoms. The van der Waals surface area contributed by atoms with E-state index in [1.165, 1.54) is 44.9 Å². The normalized spacial score (nSPS) is 37.6. The molecule has 78 valence electrons. The van der Waals surface area contributed by atoms with Crippen molar-refractivity contribution in [3.8, 4) is 0 Å². The summed E-state index contributed by atoms with van der Waals surface area (Å²) in [6, 6.07) is 0. The summed E-state index contributed by atoms with van der Waals surface area (Å²) in [4.78, 5) is 0. The molecule has 0 radical (unpaired) electrons. The Morgan fingerprint density at radius 1 is 0.923 bits per heavy atom. The first-order valence-electron chi connectivity index (χ1n) is 6.22. The van der Waals surface area contributed by atoms with Crippen molar-refractivity contribution in [2.45, 2.75) is 65.7 Å². The molecule has 1 fully saturated rings. The predicted molar refractivity (Wildman–Crippen MR) is 59.8 cm³/mol. The largest absolute Gasteiger partial charge is 0.0651 e. The first-order valence-corrected chi connectivity index (χ1v) is 6.22. The van der Waals surface area contributed by atoms with E-state index in [0.29, 0.717) is 0 Å². The fourth-order valence-electron chi connectivity index (χ4n) is 2.75. The first-order chi connectivity index (χ1) is 6.22. The van der Waals surface area contributed by atoms with E-state index in [1.807, 2.05) is 0 Å². The Balaban J connectivity index is 2.38. The van der Waals surface area contributed by atoms with Crippen molar-refractivity contribution >= 4 is 0 Å². The molecule has 13 heavy (non-hydrogen) atoms. The summed E-state index contributed by atoms with van der Waals surface area (Å²) in [5.74, 6) is 2.99. The van der Waals surface area contributed by atoms with Gasteiger partial charge in [0.1, 0.15) is 0 Å². The lowest BCUT2D eigenvalue weighted by atomic mass is 9.91. The lowest BCUT2D eigenvalue weighted by Gasteiger charge is -2.15. The number of hydrogen-bond acceptors (Lipinski definition) is 0. The summed E-state index contributed by atoms with van der Waals surface area (Å²) in [6.07, 6.45) is 10.3. The van der Waals surface area contributed by atoms with E-state index in [-0.39, 0.29) is 0 Å². The van der Waals surface area contributed by atoms with Gasteiger partial charge in [-0.15, -0.1) is 0 Å². The maximum Gasteiger partial charge on any atom is -0.0417 e. The second kappa shape index (κ2) is 5.67. The molecule has 3 unspecified atom stereocenters. The highest BCUT2D eigenvalue weighted by atomic mass is 14.2. The van der Waals surface area contributed by atoms with Gasteiger partial charge in [0.25, 0.3) is 0 Å². The van der Waals surface area contributed by atoms with Gasteiger partial charge in [0.05, 0.1) is 0 Å². The van der Waals surface area contributed by atoms with E-state index in [4.69, 9.17) is 0 Å². The Morgan fingerprint density at radius 2 is 1.62 bits per heavy atom. The van der Waals surface area contributed by atoms with E-state index in [9.17, 15) is 0 Å². The molecule has 0 heteroatoms. The minimum absolute atomic E-state index is 0.974. The molecule has 3 atom stereocenters. The smallest absolute Gasteiger partial charge is 0.0417 e. The summed E-state index contributed by atoms with van der Waals surface area (Å²) in [7, 11) is 0. The van der Waals surface area contributed by atoms with Gasteiger partial charge in [0.2, 0.25) is 0 Å². The lowest BCUT2D eigenvalue weighted by Crippen LogP contribution is -2.02. The number of rotatable bonds is 1. The first kappa shape index (κ1) is 11.1. The van der Waals surface area contributed by atoms with Gasteiger partial charge in [-0.3, -0.25) is 0 Å². The fourth-order valence-corrected chi connectivity index (χ4v) is 2.75. The molecule has 1 rings (SSSR count). The molecule has 0 aromatic rings. The molecule has 0 heterocycles. The van der Waals surface area contributed by atoms with Crippen molar-refractivity contribution in [3.63, 3.8) is 0 Å². The van der Waals surface area contributed by atoms with Crippen molar-refractivity contribution in [1.82, 2.24) is 0 Å². The van der Waals surface area contributed by atoms with Crippen LogP contribution in [-0.2, 0) is 0 Å². The van der Waals surface area contributed by atoms with Gasteiger partial charge in [-0.2, -0.15) is 0 Å². The molecule has 1 saturated carbocycles. The average Bonchev–Trinajstić information content (AvgIpc) is 2.16. The highest BCUT2D eigenvalue weighted by Crippen LogP contribution is 2.29. The zero-order valence-corrected chi connectivity index (χ0v) is 9.68. The molecule has 0 aromatic carbocycles. The Labute approximate surface area is 84.1 Å². The van der Waals surface area contributed by atoms with Crippen LogP contribution in [0.3, 0.4) is 0 Å². The SMILES string of the molecule is CCC1CCCC(C)CC(C)CC1. The molecule has 0 N–H and O–H groups in total. The molecular weight excluding hydrogens is 156 g/mol. The maximum atomic E-state index is 2.44. The minimum Gasteiger partial charge on any atom is -0.0651 e. The maximum absolute atomic E-state index is 2.44. The highest BCUT2D eigenvalue weighted by Gasteiger charge is 2.15. The second-order valence-corrected chi connectivity index (χ2v) is 5.23. The van der Waals surface area contributed by atoms with E-state index in [2.05, 4.69) is 20.8 Å². The average molecular weight is 182 g/mol. The van der Waals surface area contributed by atoms with Crippen molar-refractivity contribution in [3.05, 3.63) is 0 Å². The van der Waals surface area contributed by atoms with Gasteiger partial charge in [-0.25, -0.2) is 0 Å². The summed E-state index contributed by atoms with van der Waals surface area (Å²) in [5, 5.41) is 0. The molecule has 0 aliphatic heterocycles. The van der Waals surface area contributed by atoms with Crippen LogP contribution < -0.4 is 0 Å². The van der Waals surface area contributed by atoms with Crippen molar-refractivity contribution < 1.29 is 0 Å². The summed E-state index contributed by atoms with van der Waals surface area (Å²) >= 11 is 0. The summed E-state index contributed by atoms with van der Waals surface area (Å²) in [5.41, 5.74) is 0. The standard InChI is InChI=1S/C13H26/c1-4-13-7-5-6-11(2)10-12(3)8-9-13/h11-13H,4-10H2,1-3H3. The Kier molecular flexibility index (Phi) is 4.83. The molecule has 0 aromatic heterocycles. The predicted octanol–water partition coefficient (Wildman–Crippen LogP) is 4.64. The second-order valence-electron chi connectivity index (χ2n) is 5.23. The summed E-state index contributed by atoms with van der Waals surface area (Å²) in [6.45, 7) is 7.23. The molecular formula is C13H26. The van der Waals surface area contributed by atoms with Crippen molar-refractivity contribution in [2.75, 3.05) is 0 Å². The van der Waals surface area contributed by atoms with Gasteiger partial charge >= 0.3 is 0 Å². The topological polar surface area (TPSA) is 0 Å². The van der Waals surface area contributed by atoms with Crippen LogP contribution in [-0.4, -0.2) is 0 Å². The van der Waals surface area contributed by atoms with E-state index >= 15 is 0 Å². The Bertz CT molecular complexity index is 128. The zero-order chi connectivity index (χ0) is 9.68. The number of hydrogen-bond donors (Lipinski definition) is 0. The quantitative estimate of drug-likeness (QED) is 0.554. The monoisotopic (exact) mass is 182 g/mol. The van der Waals surface area contributed by atoms with Gasteiger partial charge < -0.3 is 0 Å². The molecule has 0 bridgehead atoms. The lowest BCUT2D eigenvalue weighted by molar-refractivity contribution is 0.368. The van der Waals surface area contributed by atoms with E-state index < -0.39 is 0 Å². The van der Waals surface area contributed by atoms with Crippen LogP contribution in [0.4, 0.5) is 0 Å². The van der Waals surface area contributed by atoms with Crippen LogP contribution in [0.1, 0.15) is 65.7 Å². The van der Waals surface area contributed by atoms with E-state index in [1.54, 1.807) is 0 Å². The van der Waals surface area contributed by atoms with Crippen LogP contribution >= 0.6 is 0 Å². The molecule has 0 saturated heterocycles. The molecule has 1 aliphatic carbocycles.